The highest BCUT2D eigenvalue weighted by Gasteiger charge is 2.08. The first-order chi connectivity index (χ1) is 9.49. The van der Waals surface area contributed by atoms with Crippen LogP contribution < -0.4 is 10.6 Å². The molecule has 1 aromatic rings. The topological polar surface area (TPSA) is 93.5 Å². The van der Waals surface area contributed by atoms with E-state index in [-0.39, 0.29) is 5.69 Å². The molecule has 1 amide bonds. The smallest absolute Gasteiger partial charge is 0.411 e. The zero-order chi connectivity index (χ0) is 15.0. The molecule has 0 aliphatic rings. The molecule has 0 aliphatic heterocycles. The fraction of sp³-hybridized carbons (Fsp3) is 0.462. The molecule has 2 N–H and O–H groups in total. The van der Waals surface area contributed by atoms with E-state index in [0.717, 1.165) is 6.54 Å². The fourth-order valence-electron chi connectivity index (χ4n) is 1.48. The molecule has 20 heavy (non-hydrogen) atoms. The van der Waals surface area contributed by atoms with Gasteiger partial charge in [-0.05, 0) is 19.0 Å². The van der Waals surface area contributed by atoms with Crippen molar-refractivity contribution in [3.63, 3.8) is 0 Å². The number of rotatable bonds is 7. The predicted molar refractivity (Wildman–Crippen MR) is 75.8 cm³/mol. The maximum Gasteiger partial charge on any atom is 0.411 e. The lowest BCUT2D eigenvalue weighted by atomic mass is 10.3. The molecule has 1 aromatic carbocycles. The molecule has 0 fully saturated rings. The largest absolute Gasteiger partial charge is 0.449 e. The number of carbonyl (C=O) groups is 1. The van der Waals surface area contributed by atoms with E-state index in [1.165, 1.54) is 18.2 Å². The Labute approximate surface area is 117 Å². The zero-order valence-corrected chi connectivity index (χ0v) is 11.6. The van der Waals surface area contributed by atoms with Crippen LogP contribution in [0, 0.1) is 10.1 Å². The molecule has 0 saturated heterocycles. The third kappa shape index (κ3) is 6.14. The van der Waals surface area contributed by atoms with Crippen LogP contribution in [0.1, 0.15) is 20.3 Å². The number of nitro benzene ring substituents is 1. The molecule has 0 radical (unpaired) electrons. The predicted octanol–water partition coefficient (Wildman–Crippen LogP) is 2.53. The molecule has 0 bridgehead atoms. The van der Waals surface area contributed by atoms with Crippen LogP contribution in [0.4, 0.5) is 16.2 Å². The third-order valence-electron chi connectivity index (χ3n) is 2.41. The molecular weight excluding hydrogens is 262 g/mol. The van der Waals surface area contributed by atoms with E-state index in [2.05, 4.69) is 10.6 Å². The molecule has 0 heterocycles. The van der Waals surface area contributed by atoms with E-state index in [1.807, 2.05) is 13.8 Å². The number of carbonyl (C=O) groups excluding carboxylic acids is 1. The Morgan fingerprint density at radius 2 is 2.20 bits per heavy atom. The van der Waals surface area contributed by atoms with Gasteiger partial charge in [0.2, 0.25) is 0 Å². The van der Waals surface area contributed by atoms with Gasteiger partial charge in [0.1, 0.15) is 0 Å². The van der Waals surface area contributed by atoms with Gasteiger partial charge in [-0.25, -0.2) is 4.79 Å². The van der Waals surface area contributed by atoms with Crippen molar-refractivity contribution in [1.29, 1.82) is 0 Å². The zero-order valence-electron chi connectivity index (χ0n) is 11.6. The molecule has 0 atom stereocenters. The van der Waals surface area contributed by atoms with Gasteiger partial charge in [0, 0.05) is 18.2 Å². The quantitative estimate of drug-likeness (QED) is 0.455. The number of hydrogen-bond acceptors (Lipinski definition) is 5. The molecule has 1 rings (SSSR count). The number of amides is 1. The van der Waals surface area contributed by atoms with Crippen LogP contribution in [0.2, 0.25) is 0 Å². The van der Waals surface area contributed by atoms with E-state index < -0.39 is 11.0 Å². The Morgan fingerprint density at radius 1 is 1.45 bits per heavy atom. The Hall–Kier alpha value is -2.15. The maximum absolute atomic E-state index is 11.5. The van der Waals surface area contributed by atoms with Gasteiger partial charge in [-0.3, -0.25) is 15.4 Å². The summed E-state index contributed by atoms with van der Waals surface area (Å²) in [6.45, 7) is 5.13. The van der Waals surface area contributed by atoms with Crippen molar-refractivity contribution >= 4 is 17.5 Å². The number of anilines is 1. The average molecular weight is 281 g/mol. The van der Waals surface area contributed by atoms with Crippen molar-refractivity contribution in [2.45, 2.75) is 26.3 Å². The Kier molecular flexibility index (Phi) is 6.45. The molecule has 0 aliphatic carbocycles. The molecule has 0 saturated carbocycles. The molecule has 110 valence electrons. The van der Waals surface area contributed by atoms with E-state index in [4.69, 9.17) is 4.74 Å². The molecule has 0 unspecified atom stereocenters. The van der Waals surface area contributed by atoms with Crippen LogP contribution in [0.15, 0.2) is 24.3 Å². The van der Waals surface area contributed by atoms with Gasteiger partial charge < -0.3 is 10.1 Å². The third-order valence-corrected chi connectivity index (χ3v) is 2.41. The van der Waals surface area contributed by atoms with E-state index in [0.29, 0.717) is 24.8 Å². The monoisotopic (exact) mass is 281 g/mol. The van der Waals surface area contributed by atoms with Crippen LogP contribution >= 0.6 is 0 Å². The van der Waals surface area contributed by atoms with Gasteiger partial charge in [0.05, 0.1) is 17.2 Å². The van der Waals surface area contributed by atoms with E-state index in [1.54, 1.807) is 6.07 Å². The Bertz CT molecular complexity index is 463. The van der Waals surface area contributed by atoms with Crippen molar-refractivity contribution in [3.05, 3.63) is 34.4 Å². The first-order valence-corrected chi connectivity index (χ1v) is 6.40. The number of nitro groups is 1. The van der Waals surface area contributed by atoms with Crippen LogP contribution in [-0.2, 0) is 4.74 Å². The minimum absolute atomic E-state index is 0.0797. The summed E-state index contributed by atoms with van der Waals surface area (Å²) >= 11 is 0. The van der Waals surface area contributed by atoms with Crippen molar-refractivity contribution < 1.29 is 14.5 Å². The Balaban J connectivity index is 2.32. The minimum Gasteiger partial charge on any atom is -0.449 e. The standard InChI is InChI=1S/C13H19N3O4/c1-10(2)14-7-4-8-20-13(17)15-11-5-3-6-12(9-11)16(18)19/h3,5-6,9-10,14H,4,7-8H2,1-2H3,(H,15,17). The van der Waals surface area contributed by atoms with Crippen LogP contribution in [0.5, 0.6) is 0 Å². The van der Waals surface area contributed by atoms with Crippen LogP contribution in [-0.4, -0.2) is 30.2 Å². The van der Waals surface area contributed by atoms with Gasteiger partial charge in [0.25, 0.3) is 5.69 Å². The highest BCUT2D eigenvalue weighted by atomic mass is 16.6. The van der Waals surface area contributed by atoms with Crippen LogP contribution in [0.25, 0.3) is 0 Å². The number of non-ortho nitro benzene ring substituents is 1. The summed E-state index contributed by atoms with van der Waals surface area (Å²) in [5.74, 6) is 0. The second-order valence-corrected chi connectivity index (χ2v) is 4.53. The fourth-order valence-corrected chi connectivity index (χ4v) is 1.48. The number of ether oxygens (including phenoxy) is 1. The summed E-state index contributed by atoms with van der Waals surface area (Å²) in [5, 5.41) is 16.2. The average Bonchev–Trinajstić information content (AvgIpc) is 2.38. The normalized spacial score (nSPS) is 10.3. The van der Waals surface area contributed by atoms with Crippen molar-refractivity contribution in [3.8, 4) is 0 Å². The number of nitrogens with zero attached hydrogens (tertiary/aromatic N) is 1. The lowest BCUT2D eigenvalue weighted by molar-refractivity contribution is -0.384. The van der Waals surface area contributed by atoms with Crippen molar-refractivity contribution in [2.24, 2.45) is 0 Å². The summed E-state index contributed by atoms with van der Waals surface area (Å²) in [6.07, 6.45) is 0.0932. The minimum atomic E-state index is -0.616. The van der Waals surface area contributed by atoms with Gasteiger partial charge >= 0.3 is 6.09 Å². The van der Waals surface area contributed by atoms with E-state index >= 15 is 0 Å². The lowest BCUT2D eigenvalue weighted by Gasteiger charge is -2.09. The van der Waals surface area contributed by atoms with Gasteiger partial charge in [-0.2, -0.15) is 0 Å². The summed E-state index contributed by atoms with van der Waals surface area (Å²) in [7, 11) is 0. The number of nitrogens with one attached hydrogen (secondary N) is 2. The maximum atomic E-state index is 11.5. The SMILES string of the molecule is CC(C)NCCCOC(=O)Nc1cccc([N+](=O)[O-])c1. The van der Waals surface area contributed by atoms with Crippen molar-refractivity contribution in [2.75, 3.05) is 18.5 Å². The van der Waals surface area contributed by atoms with Gasteiger partial charge in [0.15, 0.2) is 0 Å². The highest BCUT2D eigenvalue weighted by Crippen LogP contribution is 2.16. The summed E-state index contributed by atoms with van der Waals surface area (Å²) < 4.78 is 4.97. The summed E-state index contributed by atoms with van der Waals surface area (Å²) in [6, 6.07) is 6.10. The summed E-state index contributed by atoms with van der Waals surface area (Å²) in [4.78, 5) is 21.5. The molecular formula is C13H19N3O4. The first kappa shape index (κ1) is 15.9. The second-order valence-electron chi connectivity index (χ2n) is 4.53. The summed E-state index contributed by atoms with van der Waals surface area (Å²) in [5.41, 5.74) is 0.258. The highest BCUT2D eigenvalue weighted by molar-refractivity contribution is 5.85. The Morgan fingerprint density at radius 3 is 2.85 bits per heavy atom. The van der Waals surface area contributed by atoms with Crippen molar-refractivity contribution in [1.82, 2.24) is 5.32 Å². The molecule has 0 aromatic heterocycles. The van der Waals surface area contributed by atoms with Gasteiger partial charge in [-0.1, -0.05) is 19.9 Å². The number of benzene rings is 1. The van der Waals surface area contributed by atoms with Crippen LogP contribution in [0.3, 0.4) is 0 Å². The molecule has 0 spiro atoms. The lowest BCUT2D eigenvalue weighted by Crippen LogP contribution is -2.25. The second kappa shape index (κ2) is 8.11. The van der Waals surface area contributed by atoms with Gasteiger partial charge in [-0.15, -0.1) is 0 Å². The molecule has 7 heteroatoms. The first-order valence-electron chi connectivity index (χ1n) is 6.40. The van der Waals surface area contributed by atoms with E-state index in [9.17, 15) is 14.9 Å². The number of hydrogen-bond donors (Lipinski definition) is 2. The molecule has 7 nitrogen and oxygen atoms in total.